The Morgan fingerprint density at radius 1 is 0.704 bits per heavy atom. The van der Waals surface area contributed by atoms with Crippen LogP contribution in [0.4, 0.5) is 0 Å². The highest BCUT2D eigenvalue weighted by molar-refractivity contribution is 7.13. The quantitative estimate of drug-likeness (QED) is 0.340. The van der Waals surface area contributed by atoms with Crippen LogP contribution in [-0.4, -0.2) is 9.97 Å². The summed E-state index contributed by atoms with van der Waals surface area (Å²) in [6, 6.07) is 25.0. The Balaban J connectivity index is 1.64. The van der Waals surface area contributed by atoms with Gasteiger partial charge in [-0.1, -0.05) is 54.6 Å². The van der Waals surface area contributed by atoms with E-state index in [0.29, 0.717) is 0 Å². The fourth-order valence-corrected chi connectivity index (χ4v) is 4.44. The molecule has 0 radical (unpaired) electrons. The van der Waals surface area contributed by atoms with Crippen LogP contribution < -0.4 is 0 Å². The Morgan fingerprint density at radius 2 is 1.41 bits per heavy atom. The second-order valence-electron chi connectivity index (χ2n) is 6.54. The SMILES string of the molecule is c1csc(-c2ccc(-c3nc4c5ccccc5c5ccccc5c4[nH]3)o2)c1. The van der Waals surface area contributed by atoms with Crippen LogP contribution in [0.3, 0.4) is 0 Å². The minimum absolute atomic E-state index is 0.753. The lowest BCUT2D eigenvalue weighted by atomic mass is 10.0. The average molecular weight is 366 g/mol. The fourth-order valence-electron chi connectivity index (χ4n) is 3.76. The number of nitrogens with zero attached hydrogens (tertiary/aromatic N) is 1. The van der Waals surface area contributed by atoms with Crippen LogP contribution in [0.25, 0.3) is 54.8 Å². The van der Waals surface area contributed by atoms with Gasteiger partial charge in [0.15, 0.2) is 11.6 Å². The molecule has 0 aliphatic carbocycles. The maximum Gasteiger partial charge on any atom is 0.174 e. The number of aromatic nitrogens is 2. The summed E-state index contributed by atoms with van der Waals surface area (Å²) in [6.45, 7) is 0. The lowest BCUT2D eigenvalue weighted by Gasteiger charge is -2.05. The van der Waals surface area contributed by atoms with Gasteiger partial charge in [0.05, 0.1) is 15.9 Å². The number of H-pyrrole nitrogens is 1. The van der Waals surface area contributed by atoms with E-state index in [4.69, 9.17) is 9.40 Å². The van der Waals surface area contributed by atoms with Crippen molar-refractivity contribution in [2.45, 2.75) is 0 Å². The fraction of sp³-hybridized carbons (Fsp3) is 0. The van der Waals surface area contributed by atoms with Crippen molar-refractivity contribution in [1.29, 1.82) is 0 Å². The number of aromatic amines is 1. The smallest absolute Gasteiger partial charge is 0.174 e. The molecule has 27 heavy (non-hydrogen) atoms. The number of benzene rings is 3. The van der Waals surface area contributed by atoms with E-state index in [-0.39, 0.29) is 0 Å². The minimum atomic E-state index is 0.753. The molecule has 4 heteroatoms. The van der Waals surface area contributed by atoms with Crippen molar-refractivity contribution in [3.63, 3.8) is 0 Å². The summed E-state index contributed by atoms with van der Waals surface area (Å²) in [6.07, 6.45) is 0. The zero-order chi connectivity index (χ0) is 17.8. The molecular formula is C23H14N2OS. The number of imidazole rings is 1. The number of rotatable bonds is 2. The summed E-state index contributed by atoms with van der Waals surface area (Å²) in [7, 11) is 0. The number of hydrogen-bond donors (Lipinski definition) is 1. The van der Waals surface area contributed by atoms with E-state index in [0.717, 1.165) is 38.6 Å². The third kappa shape index (κ3) is 2.17. The second-order valence-corrected chi connectivity index (χ2v) is 7.49. The molecule has 128 valence electrons. The average Bonchev–Trinajstić information content (AvgIpc) is 3.47. The highest BCUT2D eigenvalue weighted by Crippen LogP contribution is 2.36. The van der Waals surface area contributed by atoms with Crippen molar-refractivity contribution in [3.05, 3.63) is 78.2 Å². The standard InChI is InChI=1S/C23H14N2OS/c1-3-8-16-14(6-1)15-7-2-4-9-17(15)22-21(16)24-23(25-22)19-12-11-18(26-19)20-10-5-13-27-20/h1-13H,(H,24,25). The lowest BCUT2D eigenvalue weighted by molar-refractivity contribution is 0.595. The van der Waals surface area contributed by atoms with Gasteiger partial charge < -0.3 is 9.40 Å². The lowest BCUT2D eigenvalue weighted by Crippen LogP contribution is -1.81. The van der Waals surface area contributed by atoms with Crippen molar-refractivity contribution in [2.24, 2.45) is 0 Å². The number of nitrogens with one attached hydrogen (secondary N) is 1. The molecule has 0 spiro atoms. The van der Waals surface area contributed by atoms with E-state index in [1.54, 1.807) is 11.3 Å². The molecule has 3 heterocycles. The van der Waals surface area contributed by atoms with Crippen molar-refractivity contribution in [1.82, 2.24) is 9.97 Å². The largest absolute Gasteiger partial charge is 0.452 e. The van der Waals surface area contributed by atoms with Gasteiger partial charge >= 0.3 is 0 Å². The molecule has 3 aromatic heterocycles. The van der Waals surface area contributed by atoms with E-state index in [2.05, 4.69) is 65.0 Å². The monoisotopic (exact) mass is 366 g/mol. The summed E-state index contributed by atoms with van der Waals surface area (Å²) in [5.74, 6) is 2.38. The number of furan rings is 1. The summed E-state index contributed by atoms with van der Waals surface area (Å²) in [4.78, 5) is 9.53. The summed E-state index contributed by atoms with van der Waals surface area (Å²) < 4.78 is 6.08. The molecule has 0 amide bonds. The van der Waals surface area contributed by atoms with Gasteiger partial charge in [0.25, 0.3) is 0 Å². The Kier molecular flexibility index (Phi) is 3.04. The van der Waals surface area contributed by atoms with Crippen molar-refractivity contribution < 1.29 is 4.42 Å². The second kappa shape index (κ2) is 5.56. The molecule has 3 nitrogen and oxygen atoms in total. The molecule has 0 fully saturated rings. The van der Waals surface area contributed by atoms with Crippen molar-refractivity contribution >= 4 is 43.9 Å². The predicted molar refractivity (Wildman–Crippen MR) is 112 cm³/mol. The zero-order valence-electron chi connectivity index (χ0n) is 14.3. The molecule has 0 saturated carbocycles. The van der Waals surface area contributed by atoms with Gasteiger partial charge in [-0.25, -0.2) is 4.98 Å². The summed E-state index contributed by atoms with van der Waals surface area (Å²) in [5, 5.41) is 6.83. The highest BCUT2D eigenvalue weighted by atomic mass is 32.1. The first kappa shape index (κ1) is 14.8. The van der Waals surface area contributed by atoms with Crippen LogP contribution in [0, 0.1) is 0 Å². The Morgan fingerprint density at radius 3 is 2.19 bits per heavy atom. The third-order valence-electron chi connectivity index (χ3n) is 4.98. The maximum atomic E-state index is 6.08. The van der Waals surface area contributed by atoms with E-state index < -0.39 is 0 Å². The maximum absolute atomic E-state index is 6.08. The molecule has 0 saturated heterocycles. The van der Waals surface area contributed by atoms with E-state index in [1.165, 1.54) is 16.2 Å². The zero-order valence-corrected chi connectivity index (χ0v) is 15.1. The highest BCUT2D eigenvalue weighted by Gasteiger charge is 2.15. The number of thiophene rings is 1. The van der Waals surface area contributed by atoms with Crippen molar-refractivity contribution in [3.8, 4) is 22.2 Å². The van der Waals surface area contributed by atoms with E-state index in [9.17, 15) is 0 Å². The van der Waals surface area contributed by atoms with Crippen LogP contribution in [0.2, 0.25) is 0 Å². The first-order chi connectivity index (χ1) is 13.4. The molecule has 0 aliphatic rings. The molecule has 0 bridgehead atoms. The first-order valence-corrected chi connectivity index (χ1v) is 9.70. The Bertz CT molecular complexity index is 1350. The minimum Gasteiger partial charge on any atom is -0.452 e. The van der Waals surface area contributed by atoms with E-state index >= 15 is 0 Å². The Hall–Kier alpha value is -3.37. The molecule has 0 atom stereocenters. The van der Waals surface area contributed by atoms with Crippen molar-refractivity contribution in [2.75, 3.05) is 0 Å². The summed E-state index contributed by atoms with van der Waals surface area (Å²) in [5.41, 5.74) is 2.03. The third-order valence-corrected chi connectivity index (χ3v) is 5.86. The molecule has 3 aromatic carbocycles. The topological polar surface area (TPSA) is 41.8 Å². The summed E-state index contributed by atoms with van der Waals surface area (Å²) >= 11 is 1.67. The van der Waals surface area contributed by atoms with E-state index in [1.807, 2.05) is 18.2 Å². The van der Waals surface area contributed by atoms with Gasteiger partial charge in [0.2, 0.25) is 0 Å². The van der Waals surface area contributed by atoms with Gasteiger partial charge in [-0.2, -0.15) is 0 Å². The van der Waals surface area contributed by atoms with Crippen LogP contribution in [0.1, 0.15) is 0 Å². The van der Waals surface area contributed by atoms with Crippen LogP contribution in [-0.2, 0) is 0 Å². The predicted octanol–water partition coefficient (Wildman–Crippen LogP) is 6.86. The van der Waals surface area contributed by atoms with Gasteiger partial charge in [-0.3, -0.25) is 0 Å². The normalized spacial score (nSPS) is 11.7. The number of hydrogen-bond acceptors (Lipinski definition) is 3. The molecular weight excluding hydrogens is 352 g/mol. The molecule has 1 N–H and O–H groups in total. The first-order valence-electron chi connectivity index (χ1n) is 8.82. The van der Waals surface area contributed by atoms with Gasteiger partial charge in [0.1, 0.15) is 5.76 Å². The van der Waals surface area contributed by atoms with Gasteiger partial charge in [-0.15, -0.1) is 11.3 Å². The molecule has 0 unspecified atom stereocenters. The Labute approximate surface area is 158 Å². The van der Waals surface area contributed by atoms with Crippen LogP contribution in [0.15, 0.2) is 82.6 Å². The number of fused-ring (bicyclic) bond motifs is 6. The van der Waals surface area contributed by atoms with Crippen LogP contribution in [0.5, 0.6) is 0 Å². The van der Waals surface area contributed by atoms with Gasteiger partial charge in [-0.05, 0) is 34.4 Å². The molecule has 6 rings (SSSR count). The molecule has 6 aromatic rings. The van der Waals surface area contributed by atoms with Gasteiger partial charge in [0, 0.05) is 10.8 Å². The van der Waals surface area contributed by atoms with Crippen LogP contribution >= 0.6 is 11.3 Å². The molecule has 0 aliphatic heterocycles.